The Morgan fingerprint density at radius 1 is 1.20 bits per heavy atom. The molecule has 1 heterocycles. The Morgan fingerprint density at radius 2 is 1.97 bits per heavy atom. The molecular formula is C25H39N2O3+. The number of aromatic nitrogens is 1. The molecule has 0 aliphatic carbocycles. The second-order valence-electron chi connectivity index (χ2n) is 8.70. The van der Waals surface area contributed by atoms with Crippen LogP contribution in [-0.2, 0) is 22.6 Å². The van der Waals surface area contributed by atoms with Gasteiger partial charge in [0.25, 0.3) is 0 Å². The molecule has 0 aliphatic heterocycles. The average molecular weight is 416 g/mol. The number of hydrogen-bond donors (Lipinski definition) is 2. The normalized spacial score (nSPS) is 13.4. The number of hydrogen-bond acceptors (Lipinski definition) is 3. The molecule has 2 atom stereocenters. The summed E-state index contributed by atoms with van der Waals surface area (Å²) in [5.74, 6) is 0.380. The maximum Gasteiger partial charge on any atom is 0.305 e. The van der Waals surface area contributed by atoms with E-state index in [4.69, 9.17) is 4.74 Å². The van der Waals surface area contributed by atoms with Crippen molar-refractivity contribution >= 4 is 5.97 Å². The molecule has 5 nitrogen and oxygen atoms in total. The van der Waals surface area contributed by atoms with Gasteiger partial charge in [0, 0.05) is 19.2 Å². The van der Waals surface area contributed by atoms with E-state index in [1.165, 1.54) is 21.7 Å². The number of nitrogens with zero attached hydrogens (tertiary/aromatic N) is 1. The fraction of sp³-hybridized carbons (Fsp3) is 0.560. The van der Waals surface area contributed by atoms with Crippen molar-refractivity contribution in [3.63, 3.8) is 0 Å². The number of aliphatic hydroxyl groups excluding tert-OH is 1. The maximum absolute atomic E-state index is 11.6. The average Bonchev–Trinajstić information content (AvgIpc) is 3.13. The number of carbonyl (C=O) groups excluding carboxylic acids is 1. The van der Waals surface area contributed by atoms with Crippen molar-refractivity contribution in [2.45, 2.75) is 66.2 Å². The van der Waals surface area contributed by atoms with E-state index in [-0.39, 0.29) is 12.6 Å². The van der Waals surface area contributed by atoms with Gasteiger partial charge in [0.1, 0.15) is 25.8 Å². The van der Waals surface area contributed by atoms with E-state index in [0.29, 0.717) is 18.9 Å². The van der Waals surface area contributed by atoms with Crippen molar-refractivity contribution in [2.75, 3.05) is 19.7 Å². The molecule has 0 saturated heterocycles. The van der Waals surface area contributed by atoms with Crippen LogP contribution in [0.15, 0.2) is 42.6 Å². The minimum Gasteiger partial charge on any atom is -0.463 e. The van der Waals surface area contributed by atoms with Crippen molar-refractivity contribution in [1.82, 2.24) is 4.57 Å². The van der Waals surface area contributed by atoms with Crippen molar-refractivity contribution in [3.8, 4) is 0 Å². The van der Waals surface area contributed by atoms with Crippen LogP contribution in [0.3, 0.4) is 0 Å². The Hall–Kier alpha value is -2.11. The second-order valence-corrected chi connectivity index (χ2v) is 8.70. The first-order valence-electron chi connectivity index (χ1n) is 11.2. The number of quaternary nitrogens is 1. The summed E-state index contributed by atoms with van der Waals surface area (Å²) >= 11 is 0. The Kier molecular flexibility index (Phi) is 10.1. The largest absolute Gasteiger partial charge is 0.463 e. The third-order valence-corrected chi connectivity index (χ3v) is 5.45. The molecule has 0 spiro atoms. The highest BCUT2D eigenvalue weighted by molar-refractivity contribution is 5.69. The molecular weight excluding hydrogens is 376 g/mol. The number of benzene rings is 1. The van der Waals surface area contributed by atoms with Crippen LogP contribution < -0.4 is 4.90 Å². The molecule has 0 amide bonds. The summed E-state index contributed by atoms with van der Waals surface area (Å²) in [4.78, 5) is 12.9. The standard InChI is InChI=1S/C25H38N2O3/c1-5-9-25(29)30-19-24(28)18-26(15-13-20(2)3)17-23-12-8-14-27(23)16-22-11-7-6-10-21(22)4/h6-8,10-12,14,20,24,28H,5,9,13,15-19H2,1-4H3/p+1/t24-/m1/s1. The third kappa shape index (κ3) is 8.33. The smallest absolute Gasteiger partial charge is 0.305 e. The zero-order chi connectivity index (χ0) is 21.9. The fourth-order valence-electron chi connectivity index (χ4n) is 3.60. The molecule has 0 aliphatic rings. The van der Waals surface area contributed by atoms with E-state index >= 15 is 0 Å². The van der Waals surface area contributed by atoms with Crippen LogP contribution in [0.4, 0.5) is 0 Å². The summed E-state index contributed by atoms with van der Waals surface area (Å²) in [6.45, 7) is 11.9. The summed E-state index contributed by atoms with van der Waals surface area (Å²) in [7, 11) is 0. The van der Waals surface area contributed by atoms with Crippen LogP contribution >= 0.6 is 0 Å². The number of aryl methyl sites for hydroxylation is 1. The molecule has 1 unspecified atom stereocenters. The first-order chi connectivity index (χ1) is 14.4. The number of nitrogens with one attached hydrogen (secondary N) is 1. The van der Waals surface area contributed by atoms with Gasteiger partial charge in [-0.25, -0.2) is 0 Å². The topological polar surface area (TPSA) is 55.9 Å². The summed E-state index contributed by atoms with van der Waals surface area (Å²) in [5, 5.41) is 10.5. The summed E-state index contributed by atoms with van der Waals surface area (Å²) in [6, 6.07) is 12.7. The number of carbonyl (C=O) groups is 1. The molecule has 2 N–H and O–H groups in total. The molecule has 2 rings (SSSR count). The van der Waals surface area contributed by atoms with Crippen molar-refractivity contribution in [1.29, 1.82) is 0 Å². The van der Waals surface area contributed by atoms with Gasteiger partial charge in [-0.05, 0) is 48.9 Å². The fourth-order valence-corrected chi connectivity index (χ4v) is 3.60. The molecule has 0 bridgehead atoms. The van der Waals surface area contributed by atoms with Crippen LogP contribution in [0, 0.1) is 12.8 Å². The minimum atomic E-state index is -0.646. The number of aliphatic hydroxyl groups is 1. The highest BCUT2D eigenvalue weighted by Gasteiger charge is 2.19. The number of esters is 1. The molecule has 2 aromatic rings. The van der Waals surface area contributed by atoms with Gasteiger partial charge in [-0.15, -0.1) is 0 Å². The maximum atomic E-state index is 11.6. The first-order valence-corrected chi connectivity index (χ1v) is 11.2. The monoisotopic (exact) mass is 415 g/mol. The van der Waals surface area contributed by atoms with Gasteiger partial charge in [0.05, 0.1) is 12.2 Å². The van der Waals surface area contributed by atoms with Crippen LogP contribution in [0.2, 0.25) is 0 Å². The number of rotatable bonds is 13. The molecule has 0 fully saturated rings. The van der Waals surface area contributed by atoms with Crippen molar-refractivity contribution < 1.29 is 19.5 Å². The van der Waals surface area contributed by atoms with Crippen molar-refractivity contribution in [2.24, 2.45) is 5.92 Å². The zero-order valence-electron chi connectivity index (χ0n) is 19.1. The SMILES string of the molecule is CCCC(=O)OC[C@H](O)C[NH+](CCC(C)C)Cc1cccn1Cc1ccccc1C. The lowest BCUT2D eigenvalue weighted by Crippen LogP contribution is -3.12. The highest BCUT2D eigenvalue weighted by Crippen LogP contribution is 2.11. The third-order valence-electron chi connectivity index (χ3n) is 5.45. The van der Waals surface area contributed by atoms with Gasteiger partial charge in [0.15, 0.2) is 0 Å². The Morgan fingerprint density at radius 3 is 2.67 bits per heavy atom. The Balaban J connectivity index is 2.01. The first kappa shape index (κ1) is 24.2. The van der Waals surface area contributed by atoms with E-state index < -0.39 is 6.10 Å². The van der Waals surface area contributed by atoms with E-state index in [9.17, 15) is 9.90 Å². The molecule has 1 aromatic carbocycles. The predicted octanol–water partition coefficient (Wildman–Crippen LogP) is 2.98. The van der Waals surface area contributed by atoms with Gasteiger partial charge >= 0.3 is 5.97 Å². The predicted molar refractivity (Wildman–Crippen MR) is 120 cm³/mol. The molecule has 5 heteroatoms. The Bertz CT molecular complexity index is 769. The molecule has 30 heavy (non-hydrogen) atoms. The van der Waals surface area contributed by atoms with Crippen LogP contribution in [0.1, 0.15) is 56.9 Å². The minimum absolute atomic E-state index is 0.0776. The van der Waals surface area contributed by atoms with Crippen LogP contribution in [0.25, 0.3) is 0 Å². The van der Waals surface area contributed by atoms with E-state index in [0.717, 1.165) is 32.5 Å². The quantitative estimate of drug-likeness (QED) is 0.495. The van der Waals surface area contributed by atoms with Crippen LogP contribution in [0.5, 0.6) is 0 Å². The molecule has 166 valence electrons. The summed E-state index contributed by atoms with van der Waals surface area (Å²) < 4.78 is 7.51. The van der Waals surface area contributed by atoms with Crippen LogP contribution in [-0.4, -0.2) is 41.4 Å². The van der Waals surface area contributed by atoms with Gasteiger partial charge in [0.2, 0.25) is 0 Å². The molecule has 0 saturated carbocycles. The van der Waals surface area contributed by atoms with Gasteiger partial charge in [-0.2, -0.15) is 0 Å². The second kappa shape index (κ2) is 12.6. The van der Waals surface area contributed by atoms with Gasteiger partial charge in [-0.3, -0.25) is 4.79 Å². The van der Waals surface area contributed by atoms with Gasteiger partial charge in [-0.1, -0.05) is 45.0 Å². The lowest BCUT2D eigenvalue weighted by molar-refractivity contribution is -0.917. The van der Waals surface area contributed by atoms with E-state index in [1.807, 2.05) is 6.92 Å². The lowest BCUT2D eigenvalue weighted by Gasteiger charge is -2.24. The lowest BCUT2D eigenvalue weighted by atomic mass is 10.1. The summed E-state index contributed by atoms with van der Waals surface area (Å²) in [5.41, 5.74) is 3.87. The highest BCUT2D eigenvalue weighted by atomic mass is 16.5. The Labute approximate surface area is 181 Å². The summed E-state index contributed by atoms with van der Waals surface area (Å²) in [6.07, 6.45) is 3.75. The molecule has 0 radical (unpaired) electrons. The van der Waals surface area contributed by atoms with E-state index in [2.05, 4.69) is 67.9 Å². The van der Waals surface area contributed by atoms with Crippen molar-refractivity contribution in [3.05, 3.63) is 59.4 Å². The number of ether oxygens (including phenoxy) is 1. The zero-order valence-corrected chi connectivity index (χ0v) is 19.1. The van der Waals surface area contributed by atoms with E-state index in [1.54, 1.807) is 0 Å². The molecule has 1 aromatic heterocycles. The van der Waals surface area contributed by atoms with Gasteiger partial charge < -0.3 is 19.3 Å².